The van der Waals surface area contributed by atoms with Crippen molar-refractivity contribution in [2.75, 3.05) is 6.61 Å². The molecule has 0 radical (unpaired) electrons. The first-order valence-corrected chi connectivity index (χ1v) is 10.7. The number of ether oxygens (including phenoxy) is 1. The normalized spacial score (nSPS) is 25.5. The second-order valence-electron chi connectivity index (χ2n) is 8.44. The summed E-state index contributed by atoms with van der Waals surface area (Å²) in [6, 6.07) is 20.4. The Labute approximate surface area is 172 Å². The maximum atomic E-state index is 13.2. The Bertz CT molecular complexity index is 828. The molecule has 1 saturated carbocycles. The summed E-state index contributed by atoms with van der Waals surface area (Å²) in [4.78, 5) is 26.9. The third kappa shape index (κ3) is 4.36. The van der Waals surface area contributed by atoms with Gasteiger partial charge in [0.15, 0.2) is 0 Å². The van der Waals surface area contributed by atoms with Crippen molar-refractivity contribution in [1.82, 2.24) is 4.90 Å². The quantitative estimate of drug-likeness (QED) is 0.705. The van der Waals surface area contributed by atoms with Crippen LogP contribution in [0.4, 0.5) is 4.79 Å². The minimum Gasteiger partial charge on any atom is -0.447 e. The molecule has 4 nitrogen and oxygen atoms in total. The van der Waals surface area contributed by atoms with Gasteiger partial charge < -0.3 is 4.74 Å². The van der Waals surface area contributed by atoms with E-state index in [0.29, 0.717) is 18.3 Å². The summed E-state index contributed by atoms with van der Waals surface area (Å²) >= 11 is 0. The van der Waals surface area contributed by atoms with E-state index in [2.05, 4.69) is 30.3 Å². The molecule has 1 heterocycles. The van der Waals surface area contributed by atoms with Crippen molar-refractivity contribution in [1.29, 1.82) is 0 Å². The number of carbonyl (C=O) groups excluding carboxylic acids is 2. The predicted molar refractivity (Wildman–Crippen MR) is 112 cm³/mol. The van der Waals surface area contributed by atoms with E-state index >= 15 is 0 Å². The van der Waals surface area contributed by atoms with Gasteiger partial charge in [0.1, 0.15) is 6.61 Å². The van der Waals surface area contributed by atoms with Gasteiger partial charge in [-0.2, -0.15) is 0 Å². The molecule has 1 unspecified atom stereocenters. The molecule has 2 atom stereocenters. The Morgan fingerprint density at radius 1 is 1.00 bits per heavy atom. The Morgan fingerprint density at radius 3 is 2.28 bits per heavy atom. The number of rotatable bonds is 5. The van der Waals surface area contributed by atoms with Gasteiger partial charge in [0, 0.05) is 5.92 Å². The molecule has 0 spiro atoms. The standard InChI is InChI=1S/C25H29NO3/c1-18(20-12-14-22(15-13-20)21-10-6-3-7-11-21)24(27)26-23(17-29-25(26)28)16-19-8-4-2-5-9-19/h2-11,18,20,22-23H,12-17H2,1H3/t18-,20?,22?,23?/m1/s1. The van der Waals surface area contributed by atoms with Crippen molar-refractivity contribution in [3.05, 3.63) is 71.8 Å². The Hall–Kier alpha value is -2.62. The lowest BCUT2D eigenvalue weighted by atomic mass is 9.74. The van der Waals surface area contributed by atoms with Crippen LogP contribution < -0.4 is 0 Å². The van der Waals surface area contributed by atoms with Crippen molar-refractivity contribution in [3.8, 4) is 0 Å². The van der Waals surface area contributed by atoms with Crippen LogP contribution in [-0.2, 0) is 16.0 Å². The van der Waals surface area contributed by atoms with Crippen LogP contribution in [0.3, 0.4) is 0 Å². The molecule has 152 valence electrons. The molecule has 0 bridgehead atoms. The Balaban J connectivity index is 1.38. The van der Waals surface area contributed by atoms with Gasteiger partial charge in [-0.25, -0.2) is 9.69 Å². The molecule has 0 aromatic heterocycles. The van der Waals surface area contributed by atoms with E-state index in [-0.39, 0.29) is 24.5 Å². The fourth-order valence-electron chi connectivity index (χ4n) is 4.87. The van der Waals surface area contributed by atoms with E-state index in [4.69, 9.17) is 4.74 Å². The molecule has 2 aromatic rings. The first kappa shape index (κ1) is 19.7. The van der Waals surface area contributed by atoms with E-state index < -0.39 is 6.09 Å². The van der Waals surface area contributed by atoms with Gasteiger partial charge in [0.05, 0.1) is 6.04 Å². The van der Waals surface area contributed by atoms with Gasteiger partial charge in [0.2, 0.25) is 5.91 Å². The fraction of sp³-hybridized carbons (Fsp3) is 0.440. The molecule has 29 heavy (non-hydrogen) atoms. The first-order chi connectivity index (χ1) is 14.1. The second-order valence-corrected chi connectivity index (χ2v) is 8.44. The third-order valence-corrected chi connectivity index (χ3v) is 6.65. The fourth-order valence-corrected chi connectivity index (χ4v) is 4.87. The van der Waals surface area contributed by atoms with Gasteiger partial charge in [0.25, 0.3) is 0 Å². The van der Waals surface area contributed by atoms with Crippen LogP contribution in [-0.4, -0.2) is 29.5 Å². The van der Waals surface area contributed by atoms with Crippen LogP contribution in [0.15, 0.2) is 60.7 Å². The Morgan fingerprint density at radius 2 is 1.62 bits per heavy atom. The molecule has 1 aliphatic heterocycles. The zero-order valence-corrected chi connectivity index (χ0v) is 17.0. The van der Waals surface area contributed by atoms with Gasteiger partial charge in [-0.3, -0.25) is 4.79 Å². The van der Waals surface area contributed by atoms with E-state index in [0.717, 1.165) is 31.2 Å². The van der Waals surface area contributed by atoms with Crippen LogP contribution in [0.1, 0.15) is 49.7 Å². The van der Waals surface area contributed by atoms with Crippen LogP contribution in [0, 0.1) is 11.8 Å². The molecular formula is C25H29NO3. The van der Waals surface area contributed by atoms with E-state index in [1.54, 1.807) is 0 Å². The number of imide groups is 1. The molecule has 2 fully saturated rings. The van der Waals surface area contributed by atoms with E-state index in [9.17, 15) is 9.59 Å². The largest absolute Gasteiger partial charge is 0.447 e. The van der Waals surface area contributed by atoms with Crippen molar-refractivity contribution in [2.45, 2.75) is 51.0 Å². The highest BCUT2D eigenvalue weighted by Crippen LogP contribution is 2.39. The lowest BCUT2D eigenvalue weighted by Crippen LogP contribution is -2.45. The van der Waals surface area contributed by atoms with Crippen molar-refractivity contribution >= 4 is 12.0 Å². The van der Waals surface area contributed by atoms with Crippen molar-refractivity contribution < 1.29 is 14.3 Å². The number of hydrogen-bond donors (Lipinski definition) is 0. The molecule has 1 aliphatic carbocycles. The van der Waals surface area contributed by atoms with Crippen molar-refractivity contribution in [2.24, 2.45) is 11.8 Å². The number of hydrogen-bond acceptors (Lipinski definition) is 3. The lowest BCUT2D eigenvalue weighted by molar-refractivity contribution is -0.135. The molecule has 0 N–H and O–H groups in total. The van der Waals surface area contributed by atoms with Gasteiger partial charge in [-0.05, 0) is 55.1 Å². The molecule has 2 aromatic carbocycles. The van der Waals surface area contributed by atoms with Gasteiger partial charge in [-0.15, -0.1) is 0 Å². The van der Waals surface area contributed by atoms with Crippen LogP contribution in [0.5, 0.6) is 0 Å². The second kappa shape index (κ2) is 8.81. The summed E-state index contributed by atoms with van der Waals surface area (Å²) < 4.78 is 5.25. The summed E-state index contributed by atoms with van der Waals surface area (Å²) in [6.45, 7) is 2.27. The van der Waals surface area contributed by atoms with Crippen molar-refractivity contribution in [3.63, 3.8) is 0 Å². The lowest BCUT2D eigenvalue weighted by Gasteiger charge is -2.33. The number of amides is 2. The van der Waals surface area contributed by atoms with E-state index in [1.807, 2.05) is 37.3 Å². The summed E-state index contributed by atoms with van der Waals surface area (Å²) in [5, 5.41) is 0. The summed E-state index contributed by atoms with van der Waals surface area (Å²) in [6.07, 6.45) is 4.41. The highest BCUT2D eigenvalue weighted by Gasteiger charge is 2.42. The molecular weight excluding hydrogens is 362 g/mol. The van der Waals surface area contributed by atoms with Crippen LogP contribution in [0.2, 0.25) is 0 Å². The number of cyclic esters (lactones) is 1. The average molecular weight is 392 g/mol. The van der Waals surface area contributed by atoms with Crippen LogP contribution in [0.25, 0.3) is 0 Å². The monoisotopic (exact) mass is 391 g/mol. The highest BCUT2D eigenvalue weighted by atomic mass is 16.6. The SMILES string of the molecule is C[C@@H](C(=O)N1C(=O)OCC1Cc1ccccc1)C1CCC(c2ccccc2)CC1. The highest BCUT2D eigenvalue weighted by molar-refractivity contribution is 5.94. The average Bonchev–Trinajstić information content (AvgIpc) is 3.14. The smallest absolute Gasteiger partial charge is 0.416 e. The Kier molecular flexibility index (Phi) is 5.98. The molecule has 4 heteroatoms. The number of nitrogens with zero attached hydrogens (tertiary/aromatic N) is 1. The summed E-state index contributed by atoms with van der Waals surface area (Å²) in [5.74, 6) is 0.679. The van der Waals surface area contributed by atoms with Gasteiger partial charge >= 0.3 is 6.09 Å². The predicted octanol–water partition coefficient (Wildman–Crippen LogP) is 5.19. The first-order valence-electron chi connectivity index (χ1n) is 10.7. The van der Waals surface area contributed by atoms with E-state index in [1.165, 1.54) is 10.5 Å². The zero-order chi connectivity index (χ0) is 20.2. The zero-order valence-electron chi connectivity index (χ0n) is 17.0. The maximum Gasteiger partial charge on any atom is 0.416 e. The summed E-state index contributed by atoms with van der Waals surface area (Å²) in [5.41, 5.74) is 2.51. The molecule has 2 amide bonds. The number of carbonyl (C=O) groups is 2. The van der Waals surface area contributed by atoms with Gasteiger partial charge in [-0.1, -0.05) is 67.6 Å². The molecule has 2 aliphatic rings. The number of benzene rings is 2. The minimum absolute atomic E-state index is 0.0726. The minimum atomic E-state index is -0.485. The molecule has 1 saturated heterocycles. The molecule has 4 rings (SSSR count). The summed E-state index contributed by atoms with van der Waals surface area (Å²) in [7, 11) is 0. The van der Waals surface area contributed by atoms with Crippen LogP contribution >= 0.6 is 0 Å². The maximum absolute atomic E-state index is 13.2. The third-order valence-electron chi connectivity index (χ3n) is 6.65. The topological polar surface area (TPSA) is 46.6 Å².